The Bertz CT molecular complexity index is 378. The van der Waals surface area contributed by atoms with Gasteiger partial charge in [0.2, 0.25) is 0 Å². The van der Waals surface area contributed by atoms with Gasteiger partial charge in [-0.3, -0.25) is 4.90 Å². The van der Waals surface area contributed by atoms with Crippen molar-refractivity contribution < 1.29 is 4.74 Å². The quantitative estimate of drug-likeness (QED) is 0.844. The zero-order valence-corrected chi connectivity index (χ0v) is 10.8. The molecule has 0 spiro atoms. The van der Waals surface area contributed by atoms with E-state index >= 15 is 0 Å². The van der Waals surface area contributed by atoms with E-state index in [2.05, 4.69) is 20.8 Å². The van der Waals surface area contributed by atoms with E-state index < -0.39 is 0 Å². The van der Waals surface area contributed by atoms with E-state index in [1.807, 2.05) is 24.3 Å². The Morgan fingerprint density at radius 1 is 1.25 bits per heavy atom. The van der Waals surface area contributed by atoms with E-state index in [1.54, 1.807) is 0 Å². The van der Waals surface area contributed by atoms with Gasteiger partial charge in [0.1, 0.15) is 11.9 Å². The van der Waals surface area contributed by atoms with Gasteiger partial charge in [-0.25, -0.2) is 0 Å². The predicted molar refractivity (Wildman–Crippen MR) is 67.8 cm³/mol. The molecule has 1 aliphatic carbocycles. The molecule has 1 saturated heterocycles. The van der Waals surface area contributed by atoms with Crippen LogP contribution in [0.15, 0.2) is 28.7 Å². The molecular formula is C13H16BrNO. The maximum atomic E-state index is 5.99. The average molecular weight is 282 g/mol. The third-order valence-corrected chi connectivity index (χ3v) is 3.83. The highest BCUT2D eigenvalue weighted by molar-refractivity contribution is 9.10. The van der Waals surface area contributed by atoms with Crippen LogP contribution in [0.2, 0.25) is 0 Å². The van der Waals surface area contributed by atoms with Gasteiger partial charge in [-0.05, 0) is 37.5 Å². The fraction of sp³-hybridized carbons (Fsp3) is 0.538. The van der Waals surface area contributed by atoms with Gasteiger partial charge in [0.05, 0.1) is 0 Å². The summed E-state index contributed by atoms with van der Waals surface area (Å²) in [7, 11) is 0. The van der Waals surface area contributed by atoms with Gasteiger partial charge in [0.25, 0.3) is 0 Å². The highest BCUT2D eigenvalue weighted by atomic mass is 79.9. The van der Waals surface area contributed by atoms with Crippen molar-refractivity contribution in [2.24, 2.45) is 0 Å². The van der Waals surface area contributed by atoms with Crippen LogP contribution in [-0.4, -0.2) is 30.1 Å². The number of nitrogens with zero attached hydrogens (tertiary/aromatic N) is 1. The van der Waals surface area contributed by atoms with Crippen LogP contribution in [0.4, 0.5) is 0 Å². The zero-order chi connectivity index (χ0) is 11.0. The van der Waals surface area contributed by atoms with Gasteiger partial charge in [-0.2, -0.15) is 0 Å². The third-order valence-electron chi connectivity index (χ3n) is 3.34. The molecule has 1 atom stereocenters. The summed E-state index contributed by atoms with van der Waals surface area (Å²) in [5.74, 6) is 0.983. The fourth-order valence-corrected chi connectivity index (χ4v) is 2.73. The van der Waals surface area contributed by atoms with Crippen molar-refractivity contribution in [1.82, 2.24) is 4.90 Å². The lowest BCUT2D eigenvalue weighted by molar-refractivity contribution is 0.198. The smallest absolute Gasteiger partial charge is 0.120 e. The fourth-order valence-electron chi connectivity index (χ4n) is 2.35. The minimum atomic E-state index is 0.384. The van der Waals surface area contributed by atoms with Gasteiger partial charge >= 0.3 is 0 Å². The molecular weight excluding hydrogens is 266 g/mol. The summed E-state index contributed by atoms with van der Waals surface area (Å²) in [4.78, 5) is 2.57. The molecule has 1 aliphatic heterocycles. The van der Waals surface area contributed by atoms with Crippen molar-refractivity contribution in [2.75, 3.05) is 13.1 Å². The molecule has 3 heteroatoms. The second kappa shape index (κ2) is 4.38. The van der Waals surface area contributed by atoms with Gasteiger partial charge in [-0.1, -0.05) is 22.0 Å². The number of rotatable bonds is 3. The van der Waals surface area contributed by atoms with E-state index in [0.717, 1.165) is 22.8 Å². The molecule has 1 aromatic rings. The van der Waals surface area contributed by atoms with Crippen LogP contribution in [0.25, 0.3) is 0 Å². The lowest BCUT2D eigenvalue weighted by atomic mass is 10.3. The molecule has 86 valence electrons. The summed E-state index contributed by atoms with van der Waals surface area (Å²) >= 11 is 3.47. The lowest BCUT2D eigenvalue weighted by Gasteiger charge is -2.16. The maximum absolute atomic E-state index is 5.99. The highest BCUT2D eigenvalue weighted by Gasteiger charge is 2.35. The molecule has 2 aliphatic rings. The molecule has 1 aromatic carbocycles. The van der Waals surface area contributed by atoms with Gasteiger partial charge in [0.15, 0.2) is 0 Å². The number of hydrogen-bond donors (Lipinski definition) is 0. The van der Waals surface area contributed by atoms with Crippen LogP contribution in [0.1, 0.15) is 19.3 Å². The molecule has 0 aromatic heterocycles. The molecule has 2 nitrogen and oxygen atoms in total. The van der Waals surface area contributed by atoms with Crippen LogP contribution in [0.3, 0.4) is 0 Å². The highest BCUT2D eigenvalue weighted by Crippen LogP contribution is 2.31. The van der Waals surface area contributed by atoms with Crippen LogP contribution < -0.4 is 4.74 Å². The molecule has 1 unspecified atom stereocenters. The minimum absolute atomic E-state index is 0.384. The van der Waals surface area contributed by atoms with E-state index in [1.165, 1.54) is 25.8 Å². The summed E-state index contributed by atoms with van der Waals surface area (Å²) < 4.78 is 7.08. The third kappa shape index (κ3) is 2.41. The lowest BCUT2D eigenvalue weighted by Crippen LogP contribution is -2.26. The van der Waals surface area contributed by atoms with Crippen LogP contribution >= 0.6 is 15.9 Å². The second-order valence-corrected chi connectivity index (χ2v) is 5.63. The average Bonchev–Trinajstić information content (AvgIpc) is 3.01. The first-order valence-electron chi connectivity index (χ1n) is 5.97. The topological polar surface area (TPSA) is 12.5 Å². The predicted octanol–water partition coefficient (Wildman–Crippen LogP) is 3.06. The number of ether oxygens (including phenoxy) is 1. The SMILES string of the molecule is Brc1cccc(OC2CCN(C3CC3)C2)c1. The Kier molecular flexibility index (Phi) is 2.90. The van der Waals surface area contributed by atoms with Crippen molar-refractivity contribution in [2.45, 2.75) is 31.4 Å². The summed E-state index contributed by atoms with van der Waals surface area (Å²) in [5, 5.41) is 0. The largest absolute Gasteiger partial charge is 0.489 e. The number of benzene rings is 1. The first-order chi connectivity index (χ1) is 7.81. The Morgan fingerprint density at radius 3 is 2.88 bits per heavy atom. The van der Waals surface area contributed by atoms with Crippen molar-refractivity contribution in [3.63, 3.8) is 0 Å². The van der Waals surface area contributed by atoms with E-state index in [9.17, 15) is 0 Å². The number of likely N-dealkylation sites (tertiary alicyclic amines) is 1. The Labute approximate surface area is 105 Å². The summed E-state index contributed by atoms with van der Waals surface area (Å²) in [5.41, 5.74) is 0. The van der Waals surface area contributed by atoms with E-state index in [4.69, 9.17) is 4.74 Å². The molecule has 2 fully saturated rings. The van der Waals surface area contributed by atoms with Crippen LogP contribution in [0.5, 0.6) is 5.75 Å². The molecule has 0 amide bonds. The van der Waals surface area contributed by atoms with Crippen molar-refractivity contribution in [3.8, 4) is 5.75 Å². The molecule has 16 heavy (non-hydrogen) atoms. The number of hydrogen-bond acceptors (Lipinski definition) is 2. The molecule has 0 radical (unpaired) electrons. The van der Waals surface area contributed by atoms with Gasteiger partial charge < -0.3 is 4.74 Å². The Balaban J connectivity index is 1.59. The molecule has 1 heterocycles. The van der Waals surface area contributed by atoms with E-state index in [-0.39, 0.29) is 0 Å². The van der Waals surface area contributed by atoms with Crippen molar-refractivity contribution in [3.05, 3.63) is 28.7 Å². The Hall–Kier alpha value is -0.540. The van der Waals surface area contributed by atoms with Gasteiger partial charge in [0, 0.05) is 23.6 Å². The normalized spacial score (nSPS) is 25.9. The van der Waals surface area contributed by atoms with Crippen molar-refractivity contribution >= 4 is 15.9 Å². The van der Waals surface area contributed by atoms with Crippen LogP contribution in [0, 0.1) is 0 Å². The number of halogens is 1. The summed E-state index contributed by atoms with van der Waals surface area (Å²) in [6, 6.07) is 8.99. The second-order valence-electron chi connectivity index (χ2n) is 4.71. The van der Waals surface area contributed by atoms with Crippen LogP contribution in [-0.2, 0) is 0 Å². The molecule has 0 bridgehead atoms. The standard InChI is InChI=1S/C13H16BrNO/c14-10-2-1-3-12(8-10)16-13-6-7-15(9-13)11-4-5-11/h1-3,8,11,13H,4-7,9H2. The molecule has 3 rings (SSSR count). The first-order valence-corrected chi connectivity index (χ1v) is 6.77. The van der Waals surface area contributed by atoms with E-state index in [0.29, 0.717) is 6.10 Å². The summed E-state index contributed by atoms with van der Waals surface area (Å²) in [6.45, 7) is 2.32. The first kappa shape index (κ1) is 10.6. The zero-order valence-electron chi connectivity index (χ0n) is 9.23. The monoisotopic (exact) mass is 281 g/mol. The van der Waals surface area contributed by atoms with Crippen molar-refractivity contribution in [1.29, 1.82) is 0 Å². The summed E-state index contributed by atoms with van der Waals surface area (Å²) in [6.07, 6.45) is 4.34. The molecule has 0 N–H and O–H groups in total. The van der Waals surface area contributed by atoms with Gasteiger partial charge in [-0.15, -0.1) is 0 Å². The molecule has 1 saturated carbocycles. The minimum Gasteiger partial charge on any atom is -0.489 e. The Morgan fingerprint density at radius 2 is 2.12 bits per heavy atom. The maximum Gasteiger partial charge on any atom is 0.120 e.